The number of imide groups is 2. The Morgan fingerprint density at radius 3 is 2.37 bits per heavy atom. The van der Waals surface area contributed by atoms with Crippen LogP contribution in [0.5, 0.6) is 5.75 Å². The Hall–Kier alpha value is -3.75. The van der Waals surface area contributed by atoms with Crippen LogP contribution in [0.1, 0.15) is 12.5 Å². The Bertz CT molecular complexity index is 992. The molecule has 0 unspecified atom stereocenters. The lowest BCUT2D eigenvalue weighted by Crippen LogP contribution is -2.43. The summed E-state index contributed by atoms with van der Waals surface area (Å²) in [6.45, 7) is 1.53. The highest BCUT2D eigenvalue weighted by atomic mass is 19.1. The number of halogens is 1. The van der Waals surface area contributed by atoms with E-state index in [4.69, 9.17) is 4.74 Å². The third-order valence-electron chi connectivity index (χ3n) is 4.67. The predicted octanol–water partition coefficient (Wildman–Crippen LogP) is 2.18. The van der Waals surface area contributed by atoms with Crippen molar-refractivity contribution in [3.8, 4) is 5.75 Å². The van der Waals surface area contributed by atoms with Crippen molar-refractivity contribution in [1.29, 1.82) is 0 Å². The third kappa shape index (κ3) is 4.14. The Morgan fingerprint density at radius 2 is 1.77 bits per heavy atom. The first-order chi connectivity index (χ1) is 14.3. The molecular formula is C21H20FN3O5. The van der Waals surface area contributed by atoms with Crippen molar-refractivity contribution in [2.24, 2.45) is 0 Å². The van der Waals surface area contributed by atoms with Crippen LogP contribution in [-0.4, -0.2) is 53.8 Å². The lowest BCUT2D eigenvalue weighted by atomic mass is 10.2. The molecule has 0 atom stereocenters. The summed E-state index contributed by atoms with van der Waals surface area (Å²) in [5, 5.41) is 0. The van der Waals surface area contributed by atoms with Gasteiger partial charge in [0.15, 0.2) is 0 Å². The highest BCUT2D eigenvalue weighted by Crippen LogP contribution is 2.24. The number of ether oxygens (including phenoxy) is 1. The molecule has 0 spiro atoms. The number of amides is 5. The Kier molecular flexibility index (Phi) is 6.10. The highest BCUT2D eigenvalue weighted by Gasteiger charge is 2.46. The monoisotopic (exact) mass is 413 g/mol. The first kappa shape index (κ1) is 21.0. The smallest absolute Gasteiger partial charge is 0.339 e. The average molecular weight is 413 g/mol. The van der Waals surface area contributed by atoms with Gasteiger partial charge in [-0.1, -0.05) is 12.1 Å². The number of benzene rings is 2. The maximum atomic E-state index is 13.4. The molecule has 0 radical (unpaired) electrons. The van der Waals surface area contributed by atoms with Gasteiger partial charge in [-0.3, -0.25) is 14.4 Å². The number of rotatable bonds is 7. The van der Waals surface area contributed by atoms with E-state index < -0.39 is 36.1 Å². The van der Waals surface area contributed by atoms with Crippen molar-refractivity contribution in [2.45, 2.75) is 13.5 Å². The van der Waals surface area contributed by atoms with Crippen molar-refractivity contribution in [3.05, 3.63) is 59.9 Å². The molecule has 2 aromatic carbocycles. The van der Waals surface area contributed by atoms with E-state index in [1.807, 2.05) is 0 Å². The van der Waals surface area contributed by atoms with Crippen molar-refractivity contribution in [2.75, 3.05) is 25.1 Å². The number of carbonyl (C=O) groups excluding carboxylic acids is 4. The minimum Gasteiger partial charge on any atom is -0.497 e. The van der Waals surface area contributed by atoms with Crippen molar-refractivity contribution >= 4 is 29.4 Å². The number of nitrogens with zero attached hydrogens (tertiary/aromatic N) is 3. The molecule has 156 valence electrons. The molecule has 1 saturated heterocycles. The zero-order valence-corrected chi connectivity index (χ0v) is 16.5. The second-order valence-corrected chi connectivity index (χ2v) is 6.55. The average Bonchev–Trinajstić information content (AvgIpc) is 2.95. The van der Waals surface area contributed by atoms with Crippen molar-refractivity contribution < 1.29 is 28.3 Å². The number of anilines is 1. The van der Waals surface area contributed by atoms with E-state index in [0.29, 0.717) is 16.2 Å². The first-order valence-corrected chi connectivity index (χ1v) is 9.22. The van der Waals surface area contributed by atoms with Gasteiger partial charge in [-0.2, -0.15) is 0 Å². The standard InChI is InChI=1S/C21H20FN3O5/c1-3-23(12-14-5-4-6-15(22)11-14)18(26)13-24-19(27)20(28)25(21(24)29)16-7-9-17(30-2)10-8-16/h4-11H,3,12-13H2,1-2H3. The van der Waals surface area contributed by atoms with Gasteiger partial charge in [-0.05, 0) is 48.9 Å². The molecule has 1 aliphatic rings. The van der Waals surface area contributed by atoms with E-state index in [0.717, 1.165) is 4.90 Å². The largest absolute Gasteiger partial charge is 0.497 e. The van der Waals surface area contributed by atoms with E-state index in [9.17, 15) is 23.6 Å². The third-order valence-corrected chi connectivity index (χ3v) is 4.67. The summed E-state index contributed by atoms with van der Waals surface area (Å²) < 4.78 is 18.4. The van der Waals surface area contributed by atoms with Crippen molar-refractivity contribution in [1.82, 2.24) is 9.80 Å². The van der Waals surface area contributed by atoms with Crippen LogP contribution in [0.2, 0.25) is 0 Å². The van der Waals surface area contributed by atoms with Crippen LogP contribution in [-0.2, 0) is 20.9 Å². The SMILES string of the molecule is CCN(Cc1cccc(F)c1)C(=O)CN1C(=O)C(=O)N(c2ccc(OC)cc2)C1=O. The molecule has 1 aliphatic heterocycles. The van der Waals surface area contributed by atoms with Crippen LogP contribution in [0.4, 0.5) is 14.9 Å². The maximum Gasteiger partial charge on any atom is 0.339 e. The number of likely N-dealkylation sites (N-methyl/N-ethyl adjacent to an activating group) is 1. The predicted molar refractivity (Wildman–Crippen MR) is 105 cm³/mol. The summed E-state index contributed by atoms with van der Waals surface area (Å²) in [4.78, 5) is 52.8. The van der Waals surface area contributed by atoms with Crippen LogP contribution < -0.4 is 9.64 Å². The first-order valence-electron chi connectivity index (χ1n) is 9.22. The van der Waals surface area contributed by atoms with Gasteiger partial charge in [-0.15, -0.1) is 0 Å². The molecule has 0 N–H and O–H groups in total. The fourth-order valence-corrected chi connectivity index (χ4v) is 3.07. The van der Waals surface area contributed by atoms with Gasteiger partial charge in [0.1, 0.15) is 18.1 Å². The molecule has 2 aromatic rings. The van der Waals surface area contributed by atoms with E-state index in [1.54, 1.807) is 25.1 Å². The van der Waals surface area contributed by atoms with Gasteiger partial charge < -0.3 is 9.64 Å². The molecule has 0 bridgehead atoms. The second kappa shape index (κ2) is 8.73. The Morgan fingerprint density at radius 1 is 1.07 bits per heavy atom. The molecule has 9 heteroatoms. The molecule has 5 amide bonds. The van der Waals surface area contributed by atoms with Crippen LogP contribution >= 0.6 is 0 Å². The summed E-state index contributed by atoms with van der Waals surface area (Å²) in [6.07, 6.45) is 0. The zero-order chi connectivity index (χ0) is 21.8. The summed E-state index contributed by atoms with van der Waals surface area (Å²) in [6, 6.07) is 10.9. The number of hydrogen-bond donors (Lipinski definition) is 0. The number of carbonyl (C=O) groups is 4. The normalized spacial score (nSPS) is 13.8. The molecule has 30 heavy (non-hydrogen) atoms. The molecular weight excluding hydrogens is 393 g/mol. The molecule has 8 nitrogen and oxygen atoms in total. The van der Waals surface area contributed by atoms with Crippen LogP contribution in [0, 0.1) is 5.82 Å². The van der Waals surface area contributed by atoms with Crippen LogP contribution in [0.3, 0.4) is 0 Å². The maximum absolute atomic E-state index is 13.4. The summed E-state index contributed by atoms with van der Waals surface area (Å²) in [7, 11) is 1.47. The van der Waals surface area contributed by atoms with Gasteiger partial charge in [0.25, 0.3) is 0 Å². The van der Waals surface area contributed by atoms with Gasteiger partial charge in [0.05, 0.1) is 12.8 Å². The number of hydrogen-bond acceptors (Lipinski definition) is 5. The van der Waals surface area contributed by atoms with Crippen LogP contribution in [0.25, 0.3) is 0 Å². The summed E-state index contributed by atoms with van der Waals surface area (Å²) in [5.41, 5.74) is 0.765. The Balaban J connectivity index is 1.74. The van der Waals surface area contributed by atoms with E-state index in [1.165, 1.54) is 42.3 Å². The molecule has 1 fully saturated rings. The minimum absolute atomic E-state index is 0.111. The highest BCUT2D eigenvalue weighted by molar-refractivity contribution is 6.53. The van der Waals surface area contributed by atoms with Crippen molar-refractivity contribution in [3.63, 3.8) is 0 Å². The van der Waals surface area contributed by atoms with Gasteiger partial charge >= 0.3 is 17.8 Å². The van der Waals surface area contributed by atoms with Gasteiger partial charge in [0.2, 0.25) is 5.91 Å². The fraction of sp³-hybridized carbons (Fsp3) is 0.238. The molecule has 3 rings (SSSR count). The molecule has 1 heterocycles. The van der Waals surface area contributed by atoms with E-state index in [-0.39, 0.29) is 18.8 Å². The zero-order valence-electron chi connectivity index (χ0n) is 16.5. The van der Waals surface area contributed by atoms with E-state index >= 15 is 0 Å². The lowest BCUT2D eigenvalue weighted by Gasteiger charge is -2.23. The lowest BCUT2D eigenvalue weighted by molar-refractivity contribution is -0.142. The summed E-state index contributed by atoms with van der Waals surface area (Å²) in [5.74, 6) is -2.56. The fourth-order valence-electron chi connectivity index (χ4n) is 3.07. The van der Waals surface area contributed by atoms with E-state index in [2.05, 4.69) is 0 Å². The van der Waals surface area contributed by atoms with Crippen LogP contribution in [0.15, 0.2) is 48.5 Å². The molecule has 0 saturated carbocycles. The molecule has 0 aromatic heterocycles. The van der Waals surface area contributed by atoms with Gasteiger partial charge in [0, 0.05) is 13.1 Å². The Labute approximate surface area is 172 Å². The number of methoxy groups -OCH3 is 1. The van der Waals surface area contributed by atoms with Gasteiger partial charge in [-0.25, -0.2) is 19.0 Å². The number of urea groups is 1. The topological polar surface area (TPSA) is 87.2 Å². The molecule has 0 aliphatic carbocycles. The second-order valence-electron chi connectivity index (χ2n) is 6.55. The quantitative estimate of drug-likeness (QED) is 0.513. The summed E-state index contributed by atoms with van der Waals surface area (Å²) >= 11 is 0. The minimum atomic E-state index is -1.08.